The minimum atomic E-state index is 0.950. The van der Waals surface area contributed by atoms with Crippen molar-refractivity contribution in [2.45, 2.75) is 19.8 Å². The summed E-state index contributed by atoms with van der Waals surface area (Å²) in [5.41, 5.74) is 2.37. The summed E-state index contributed by atoms with van der Waals surface area (Å²) < 4.78 is 0. The van der Waals surface area contributed by atoms with Crippen molar-refractivity contribution in [3.8, 4) is 0 Å². The quantitative estimate of drug-likeness (QED) is 0.793. The van der Waals surface area contributed by atoms with E-state index in [1.165, 1.54) is 31.6 Å². The van der Waals surface area contributed by atoms with Gasteiger partial charge in [0, 0.05) is 19.6 Å². The molecule has 1 aromatic heterocycles. The number of nitrogens with one attached hydrogen (secondary N) is 1. The predicted octanol–water partition coefficient (Wildman–Crippen LogP) is 2.11. The molecule has 0 aromatic carbocycles. The molecule has 3 nitrogen and oxygen atoms in total. The summed E-state index contributed by atoms with van der Waals surface area (Å²) >= 11 is 0. The lowest BCUT2D eigenvalue weighted by atomic mass is 10.3. The molecule has 1 aliphatic heterocycles. The van der Waals surface area contributed by atoms with E-state index in [1.807, 2.05) is 12.4 Å². The van der Waals surface area contributed by atoms with Crippen LogP contribution in [0.25, 0.3) is 0 Å². The summed E-state index contributed by atoms with van der Waals surface area (Å²) in [5.74, 6) is 0. The number of hydrogen-bond donors (Lipinski definition) is 1. The molecule has 0 radical (unpaired) electrons. The molecule has 1 aliphatic rings. The minimum Gasteiger partial charge on any atom is -0.384 e. The van der Waals surface area contributed by atoms with Crippen LogP contribution in [0, 0.1) is 0 Å². The first kappa shape index (κ1) is 9.31. The monoisotopic (exact) mass is 191 g/mol. The third-order valence-corrected chi connectivity index (χ3v) is 2.58. The second kappa shape index (κ2) is 4.31. The van der Waals surface area contributed by atoms with Crippen molar-refractivity contribution in [2.24, 2.45) is 0 Å². The van der Waals surface area contributed by atoms with E-state index in [0.29, 0.717) is 0 Å². The van der Waals surface area contributed by atoms with Crippen molar-refractivity contribution in [1.29, 1.82) is 0 Å². The van der Waals surface area contributed by atoms with Gasteiger partial charge in [-0.3, -0.25) is 4.98 Å². The molecular formula is C11H17N3. The van der Waals surface area contributed by atoms with Crippen LogP contribution in [0.4, 0.5) is 11.4 Å². The average Bonchev–Trinajstić information content (AvgIpc) is 2.71. The van der Waals surface area contributed by atoms with Gasteiger partial charge in [0.1, 0.15) is 0 Å². The number of anilines is 2. The van der Waals surface area contributed by atoms with Crippen LogP contribution in [0.2, 0.25) is 0 Å². The molecule has 0 amide bonds. The highest BCUT2D eigenvalue weighted by molar-refractivity contribution is 5.55. The van der Waals surface area contributed by atoms with Crippen molar-refractivity contribution in [3.63, 3.8) is 0 Å². The van der Waals surface area contributed by atoms with Crippen LogP contribution >= 0.6 is 0 Å². The molecule has 1 N–H and O–H groups in total. The highest BCUT2D eigenvalue weighted by Crippen LogP contribution is 2.21. The molecule has 0 spiro atoms. The molecule has 0 saturated carbocycles. The SMILES string of the molecule is CCNc1cncc(N2CCCC2)c1. The summed E-state index contributed by atoms with van der Waals surface area (Å²) in [6.07, 6.45) is 6.45. The van der Waals surface area contributed by atoms with Crippen LogP contribution in [0.1, 0.15) is 19.8 Å². The van der Waals surface area contributed by atoms with Crippen molar-refractivity contribution in [2.75, 3.05) is 29.9 Å². The number of hydrogen-bond acceptors (Lipinski definition) is 3. The van der Waals surface area contributed by atoms with Gasteiger partial charge in [-0.2, -0.15) is 0 Å². The topological polar surface area (TPSA) is 28.2 Å². The van der Waals surface area contributed by atoms with Crippen LogP contribution < -0.4 is 10.2 Å². The molecule has 1 aromatic rings. The largest absolute Gasteiger partial charge is 0.384 e. The fourth-order valence-corrected chi connectivity index (χ4v) is 1.88. The number of nitrogens with zero attached hydrogens (tertiary/aromatic N) is 2. The van der Waals surface area contributed by atoms with Gasteiger partial charge in [0.05, 0.1) is 23.8 Å². The predicted molar refractivity (Wildman–Crippen MR) is 59.8 cm³/mol. The molecule has 2 heterocycles. The van der Waals surface area contributed by atoms with Crippen LogP contribution in [0.5, 0.6) is 0 Å². The molecule has 0 atom stereocenters. The Hall–Kier alpha value is -1.25. The van der Waals surface area contributed by atoms with Gasteiger partial charge in [0.25, 0.3) is 0 Å². The highest BCUT2D eigenvalue weighted by Gasteiger charge is 2.12. The average molecular weight is 191 g/mol. The normalized spacial score (nSPS) is 15.9. The van der Waals surface area contributed by atoms with Gasteiger partial charge in [-0.25, -0.2) is 0 Å². The zero-order valence-electron chi connectivity index (χ0n) is 8.66. The lowest BCUT2D eigenvalue weighted by molar-refractivity contribution is 0.949. The van der Waals surface area contributed by atoms with Gasteiger partial charge in [0.15, 0.2) is 0 Å². The number of pyridine rings is 1. The Morgan fingerprint density at radius 1 is 1.36 bits per heavy atom. The van der Waals surface area contributed by atoms with Crippen molar-refractivity contribution in [3.05, 3.63) is 18.5 Å². The molecule has 76 valence electrons. The van der Waals surface area contributed by atoms with Crippen LogP contribution in [-0.4, -0.2) is 24.6 Å². The van der Waals surface area contributed by atoms with E-state index in [9.17, 15) is 0 Å². The van der Waals surface area contributed by atoms with E-state index >= 15 is 0 Å². The summed E-state index contributed by atoms with van der Waals surface area (Å²) in [6, 6.07) is 2.18. The van der Waals surface area contributed by atoms with Gasteiger partial charge in [0.2, 0.25) is 0 Å². The maximum absolute atomic E-state index is 4.24. The van der Waals surface area contributed by atoms with Gasteiger partial charge in [-0.15, -0.1) is 0 Å². The van der Waals surface area contributed by atoms with Crippen molar-refractivity contribution >= 4 is 11.4 Å². The molecule has 1 fully saturated rings. The molecule has 0 aliphatic carbocycles. The third kappa shape index (κ3) is 1.97. The van der Waals surface area contributed by atoms with E-state index in [-0.39, 0.29) is 0 Å². The number of aromatic nitrogens is 1. The minimum absolute atomic E-state index is 0.950. The molecule has 1 saturated heterocycles. The first-order valence-corrected chi connectivity index (χ1v) is 5.34. The first-order chi connectivity index (χ1) is 6.90. The Morgan fingerprint density at radius 2 is 2.14 bits per heavy atom. The third-order valence-electron chi connectivity index (χ3n) is 2.58. The lowest BCUT2D eigenvalue weighted by Crippen LogP contribution is -2.17. The Morgan fingerprint density at radius 3 is 2.86 bits per heavy atom. The fraction of sp³-hybridized carbons (Fsp3) is 0.545. The standard InChI is InChI=1S/C11H17N3/c1-2-13-10-7-11(9-12-8-10)14-5-3-4-6-14/h7-9,13H,2-6H2,1H3. The first-order valence-electron chi connectivity index (χ1n) is 5.34. The van der Waals surface area contributed by atoms with Gasteiger partial charge < -0.3 is 10.2 Å². The summed E-state index contributed by atoms with van der Waals surface area (Å²) in [5, 5.41) is 3.28. The van der Waals surface area contributed by atoms with Crippen molar-refractivity contribution < 1.29 is 0 Å². The van der Waals surface area contributed by atoms with Crippen LogP contribution in [0.3, 0.4) is 0 Å². The van der Waals surface area contributed by atoms with E-state index in [1.54, 1.807) is 0 Å². The van der Waals surface area contributed by atoms with Crippen molar-refractivity contribution in [1.82, 2.24) is 4.98 Å². The Bertz CT molecular complexity index is 292. The maximum Gasteiger partial charge on any atom is 0.0573 e. The summed E-state index contributed by atoms with van der Waals surface area (Å²) in [6.45, 7) is 5.40. The molecule has 3 heteroatoms. The second-order valence-electron chi connectivity index (χ2n) is 3.66. The molecular weight excluding hydrogens is 174 g/mol. The smallest absolute Gasteiger partial charge is 0.0573 e. The zero-order chi connectivity index (χ0) is 9.80. The summed E-state index contributed by atoms with van der Waals surface area (Å²) in [4.78, 5) is 6.64. The van der Waals surface area contributed by atoms with Crippen LogP contribution in [0.15, 0.2) is 18.5 Å². The van der Waals surface area contributed by atoms with E-state index < -0.39 is 0 Å². The fourth-order valence-electron chi connectivity index (χ4n) is 1.88. The molecule has 2 rings (SSSR count). The van der Waals surface area contributed by atoms with Crippen LogP contribution in [-0.2, 0) is 0 Å². The van der Waals surface area contributed by atoms with E-state index in [0.717, 1.165) is 12.2 Å². The Balaban J connectivity index is 2.12. The number of rotatable bonds is 3. The van der Waals surface area contributed by atoms with E-state index in [4.69, 9.17) is 0 Å². The Kier molecular flexibility index (Phi) is 2.87. The van der Waals surface area contributed by atoms with E-state index in [2.05, 4.69) is 28.2 Å². The molecule has 0 unspecified atom stereocenters. The van der Waals surface area contributed by atoms with Gasteiger partial charge in [-0.1, -0.05) is 0 Å². The second-order valence-corrected chi connectivity index (χ2v) is 3.66. The molecule has 14 heavy (non-hydrogen) atoms. The zero-order valence-corrected chi connectivity index (χ0v) is 8.66. The molecule has 0 bridgehead atoms. The van der Waals surface area contributed by atoms with Gasteiger partial charge >= 0.3 is 0 Å². The highest BCUT2D eigenvalue weighted by atomic mass is 15.1. The lowest BCUT2D eigenvalue weighted by Gasteiger charge is -2.17. The summed E-state index contributed by atoms with van der Waals surface area (Å²) in [7, 11) is 0. The van der Waals surface area contributed by atoms with Gasteiger partial charge in [-0.05, 0) is 25.8 Å². The Labute approximate surface area is 85.1 Å². The maximum atomic E-state index is 4.24.